The maximum absolute atomic E-state index is 11.5. The van der Waals surface area contributed by atoms with Crippen molar-refractivity contribution >= 4 is 5.97 Å². The summed E-state index contributed by atoms with van der Waals surface area (Å²) in [6.45, 7) is 2.35. The normalized spacial score (nSPS) is 38.6. The van der Waals surface area contributed by atoms with Crippen molar-refractivity contribution in [2.45, 2.75) is 44.2 Å². The number of hydrogen-bond acceptors (Lipinski definition) is 3. The van der Waals surface area contributed by atoms with Crippen molar-refractivity contribution in [3.63, 3.8) is 0 Å². The summed E-state index contributed by atoms with van der Waals surface area (Å²) in [7, 11) is 0. The highest BCUT2D eigenvalue weighted by Crippen LogP contribution is 2.40. The molecular formula is C9H15NO2. The quantitative estimate of drug-likeness (QED) is 0.492. The molecule has 2 aliphatic rings. The third-order valence-corrected chi connectivity index (χ3v) is 2.90. The van der Waals surface area contributed by atoms with E-state index in [0.717, 1.165) is 19.3 Å². The van der Waals surface area contributed by atoms with Gasteiger partial charge in [0, 0.05) is 6.04 Å². The van der Waals surface area contributed by atoms with Crippen LogP contribution in [0.15, 0.2) is 0 Å². The Morgan fingerprint density at radius 3 is 3.17 bits per heavy atom. The van der Waals surface area contributed by atoms with E-state index < -0.39 is 0 Å². The third-order valence-electron chi connectivity index (χ3n) is 2.90. The summed E-state index contributed by atoms with van der Waals surface area (Å²) in [5.41, 5.74) is -0.256. The molecule has 1 saturated carbocycles. The molecule has 0 aromatic rings. The number of carbonyl (C=O) groups excluding carboxylic acids is 1. The van der Waals surface area contributed by atoms with Crippen molar-refractivity contribution in [2.75, 3.05) is 6.61 Å². The van der Waals surface area contributed by atoms with Gasteiger partial charge in [0.1, 0.15) is 5.54 Å². The summed E-state index contributed by atoms with van der Waals surface area (Å²) in [6, 6.07) is 0.422. The number of hydrogen-bond donors (Lipinski definition) is 1. The van der Waals surface area contributed by atoms with Crippen LogP contribution in [-0.4, -0.2) is 24.2 Å². The summed E-state index contributed by atoms with van der Waals surface area (Å²) >= 11 is 0. The fourth-order valence-electron chi connectivity index (χ4n) is 2.15. The van der Waals surface area contributed by atoms with E-state index in [-0.39, 0.29) is 11.5 Å². The van der Waals surface area contributed by atoms with Gasteiger partial charge in [0.15, 0.2) is 0 Å². The molecule has 0 aromatic carbocycles. The zero-order chi connectivity index (χ0) is 8.60. The molecule has 0 spiro atoms. The van der Waals surface area contributed by atoms with E-state index >= 15 is 0 Å². The number of ether oxygens (including phenoxy) is 1. The molecule has 0 radical (unpaired) electrons. The fraction of sp³-hybridized carbons (Fsp3) is 0.889. The van der Waals surface area contributed by atoms with Crippen LogP contribution in [0.4, 0.5) is 0 Å². The third kappa shape index (κ3) is 1.04. The van der Waals surface area contributed by atoms with Gasteiger partial charge in [-0.05, 0) is 19.8 Å². The smallest absolute Gasteiger partial charge is 0.327 e. The molecule has 0 bridgehead atoms. The van der Waals surface area contributed by atoms with Crippen LogP contribution < -0.4 is 5.32 Å². The Kier molecular flexibility index (Phi) is 1.83. The first-order chi connectivity index (χ1) is 5.79. The monoisotopic (exact) mass is 169 g/mol. The second-order valence-corrected chi connectivity index (χ2v) is 3.63. The Hall–Kier alpha value is -0.570. The average Bonchev–Trinajstić information content (AvgIpc) is 2.79. The number of rotatable bonds is 2. The molecule has 12 heavy (non-hydrogen) atoms. The van der Waals surface area contributed by atoms with Gasteiger partial charge in [-0.1, -0.05) is 12.8 Å². The second kappa shape index (κ2) is 2.73. The molecule has 0 aromatic heterocycles. The Balaban J connectivity index is 1.98. The second-order valence-electron chi connectivity index (χ2n) is 3.63. The molecule has 1 heterocycles. The van der Waals surface area contributed by atoms with Gasteiger partial charge >= 0.3 is 5.97 Å². The first kappa shape index (κ1) is 8.05. The van der Waals surface area contributed by atoms with Gasteiger partial charge in [-0.25, -0.2) is 4.79 Å². The summed E-state index contributed by atoms with van der Waals surface area (Å²) in [4.78, 5) is 11.5. The van der Waals surface area contributed by atoms with Crippen molar-refractivity contribution < 1.29 is 9.53 Å². The SMILES string of the molecule is CCOC(=O)C12CCCCC1N2. The van der Waals surface area contributed by atoms with E-state index in [4.69, 9.17) is 4.74 Å². The molecule has 3 heteroatoms. The van der Waals surface area contributed by atoms with Crippen LogP contribution >= 0.6 is 0 Å². The maximum Gasteiger partial charge on any atom is 0.327 e. The van der Waals surface area contributed by atoms with E-state index in [9.17, 15) is 4.79 Å². The highest BCUT2D eigenvalue weighted by atomic mass is 16.5. The molecule has 2 unspecified atom stereocenters. The molecule has 1 aliphatic carbocycles. The standard InChI is InChI=1S/C9H15NO2/c1-2-12-8(11)9-6-4-3-5-7(9)10-9/h7,10H,2-6H2,1H3. The Morgan fingerprint density at radius 1 is 1.67 bits per heavy atom. The van der Waals surface area contributed by atoms with Crippen molar-refractivity contribution in [1.29, 1.82) is 0 Å². The van der Waals surface area contributed by atoms with Crippen LogP contribution in [0, 0.1) is 0 Å². The minimum atomic E-state index is -0.256. The van der Waals surface area contributed by atoms with Gasteiger partial charge in [-0.15, -0.1) is 0 Å². The molecule has 1 N–H and O–H groups in total. The van der Waals surface area contributed by atoms with Crippen molar-refractivity contribution in [3.8, 4) is 0 Å². The first-order valence-corrected chi connectivity index (χ1v) is 4.74. The molecule has 68 valence electrons. The van der Waals surface area contributed by atoms with Gasteiger partial charge in [-0.2, -0.15) is 0 Å². The molecular weight excluding hydrogens is 154 g/mol. The largest absolute Gasteiger partial charge is 0.465 e. The number of nitrogens with one attached hydrogen (secondary N) is 1. The van der Waals surface area contributed by atoms with Gasteiger partial charge in [0.2, 0.25) is 0 Å². The molecule has 0 amide bonds. The topological polar surface area (TPSA) is 48.2 Å². The highest BCUT2D eigenvalue weighted by Gasteiger charge is 2.61. The summed E-state index contributed by atoms with van der Waals surface area (Å²) in [6.07, 6.45) is 4.51. The van der Waals surface area contributed by atoms with Gasteiger partial charge < -0.3 is 4.74 Å². The lowest BCUT2D eigenvalue weighted by Crippen LogP contribution is -2.33. The number of fused-ring (bicyclic) bond motifs is 1. The Bertz CT molecular complexity index is 205. The summed E-state index contributed by atoms with van der Waals surface area (Å²) in [5.74, 6) is -0.0327. The van der Waals surface area contributed by atoms with E-state index in [1.807, 2.05) is 6.92 Å². The zero-order valence-electron chi connectivity index (χ0n) is 7.43. The van der Waals surface area contributed by atoms with Crippen LogP contribution in [0.2, 0.25) is 0 Å². The summed E-state index contributed by atoms with van der Waals surface area (Å²) < 4.78 is 5.02. The van der Waals surface area contributed by atoms with Gasteiger partial charge in [0.25, 0.3) is 0 Å². The lowest BCUT2D eigenvalue weighted by molar-refractivity contribution is -0.146. The van der Waals surface area contributed by atoms with E-state index in [1.54, 1.807) is 0 Å². The van der Waals surface area contributed by atoms with Gasteiger partial charge in [0.05, 0.1) is 6.61 Å². The zero-order valence-corrected chi connectivity index (χ0v) is 7.43. The lowest BCUT2D eigenvalue weighted by atomic mass is 9.89. The fourth-order valence-corrected chi connectivity index (χ4v) is 2.15. The van der Waals surface area contributed by atoms with Crippen LogP contribution in [-0.2, 0) is 9.53 Å². The van der Waals surface area contributed by atoms with Crippen LogP contribution in [0.5, 0.6) is 0 Å². The Labute approximate surface area is 72.5 Å². The van der Waals surface area contributed by atoms with E-state index in [0.29, 0.717) is 12.6 Å². The predicted octanol–water partition coefficient (Wildman–Crippen LogP) is 0.834. The van der Waals surface area contributed by atoms with Crippen LogP contribution in [0.3, 0.4) is 0 Å². The average molecular weight is 169 g/mol. The van der Waals surface area contributed by atoms with Crippen molar-refractivity contribution in [3.05, 3.63) is 0 Å². The minimum Gasteiger partial charge on any atom is -0.465 e. The highest BCUT2D eigenvalue weighted by molar-refractivity contribution is 5.86. The van der Waals surface area contributed by atoms with Crippen molar-refractivity contribution in [2.24, 2.45) is 0 Å². The molecule has 2 fully saturated rings. The van der Waals surface area contributed by atoms with E-state index in [1.165, 1.54) is 6.42 Å². The van der Waals surface area contributed by atoms with Gasteiger partial charge in [-0.3, -0.25) is 5.32 Å². The van der Waals surface area contributed by atoms with Crippen LogP contribution in [0.25, 0.3) is 0 Å². The lowest BCUT2D eigenvalue weighted by Gasteiger charge is -2.17. The number of carbonyl (C=O) groups is 1. The summed E-state index contributed by atoms with van der Waals surface area (Å²) in [5, 5.41) is 3.25. The van der Waals surface area contributed by atoms with E-state index in [2.05, 4.69) is 5.32 Å². The molecule has 3 nitrogen and oxygen atoms in total. The maximum atomic E-state index is 11.5. The molecule has 1 saturated heterocycles. The number of esters is 1. The first-order valence-electron chi connectivity index (χ1n) is 4.74. The molecule has 2 atom stereocenters. The minimum absolute atomic E-state index is 0.0327. The predicted molar refractivity (Wildman–Crippen MR) is 44.8 cm³/mol. The van der Waals surface area contributed by atoms with Crippen LogP contribution in [0.1, 0.15) is 32.6 Å². The molecule has 1 aliphatic heterocycles. The Morgan fingerprint density at radius 2 is 2.50 bits per heavy atom. The molecule has 2 rings (SSSR count). The van der Waals surface area contributed by atoms with Crippen molar-refractivity contribution in [1.82, 2.24) is 5.32 Å².